The maximum Gasteiger partial charge on any atom is 0.267 e. The maximum absolute atomic E-state index is 12.3. The summed E-state index contributed by atoms with van der Waals surface area (Å²) in [6.45, 7) is 2.17. The molecule has 2 amide bonds. The van der Waals surface area contributed by atoms with Crippen LogP contribution in [0, 0.1) is 0 Å². The van der Waals surface area contributed by atoms with Crippen molar-refractivity contribution in [1.29, 1.82) is 0 Å². The van der Waals surface area contributed by atoms with Crippen LogP contribution in [0.3, 0.4) is 0 Å². The molecule has 4 N–H and O–H groups in total. The van der Waals surface area contributed by atoms with Gasteiger partial charge in [-0.1, -0.05) is 24.3 Å². The van der Waals surface area contributed by atoms with E-state index in [2.05, 4.69) is 10.6 Å². The summed E-state index contributed by atoms with van der Waals surface area (Å²) in [5.41, 5.74) is 0.737. The van der Waals surface area contributed by atoms with Gasteiger partial charge in [0, 0.05) is 6.54 Å². The minimum Gasteiger partial charge on any atom is -0.508 e. The summed E-state index contributed by atoms with van der Waals surface area (Å²) in [6, 6.07) is 12.2. The molecule has 6 heteroatoms. The molecule has 0 aromatic heterocycles. The van der Waals surface area contributed by atoms with E-state index in [-0.39, 0.29) is 22.8 Å². The zero-order valence-corrected chi connectivity index (χ0v) is 13.1. The largest absolute Gasteiger partial charge is 0.508 e. The first-order valence-electron chi connectivity index (χ1n) is 7.39. The molecule has 0 saturated heterocycles. The number of hydrogen-bond donors (Lipinski definition) is 4. The second kappa shape index (κ2) is 7.82. The Morgan fingerprint density at radius 2 is 1.71 bits per heavy atom. The van der Waals surface area contributed by atoms with Crippen molar-refractivity contribution in [1.82, 2.24) is 10.6 Å². The van der Waals surface area contributed by atoms with Gasteiger partial charge in [-0.15, -0.1) is 0 Å². The number of phenolic OH excluding ortho intramolecular Hbond substituents is 2. The number of carbonyl (C=O) groups excluding carboxylic acids is 2. The molecule has 124 valence electrons. The lowest BCUT2D eigenvalue weighted by Gasteiger charge is -2.11. The molecule has 0 atom stereocenters. The molecule has 2 aromatic carbocycles. The second-order valence-corrected chi connectivity index (χ2v) is 4.98. The molecule has 0 aliphatic heterocycles. The first-order valence-corrected chi connectivity index (χ1v) is 7.39. The molecule has 0 unspecified atom stereocenters. The van der Waals surface area contributed by atoms with E-state index in [1.165, 1.54) is 30.3 Å². The molecule has 0 bridgehead atoms. The van der Waals surface area contributed by atoms with E-state index in [4.69, 9.17) is 0 Å². The van der Waals surface area contributed by atoms with Gasteiger partial charge < -0.3 is 20.8 Å². The molecule has 0 radical (unpaired) electrons. The third-order valence-corrected chi connectivity index (χ3v) is 3.18. The Morgan fingerprint density at radius 3 is 2.33 bits per heavy atom. The van der Waals surface area contributed by atoms with E-state index in [0.717, 1.165) is 0 Å². The van der Waals surface area contributed by atoms with Crippen molar-refractivity contribution in [3.63, 3.8) is 0 Å². The van der Waals surface area contributed by atoms with Gasteiger partial charge in [-0.3, -0.25) is 9.59 Å². The minimum atomic E-state index is -0.593. The standard InChI is InChI=1S/C18H18N2O4/c1-2-19-18(24)15(11-12-7-9-13(21)10-8-12)20-17(23)14-5-3-4-6-16(14)22/h3-11,21-22H,2H2,1H3,(H,19,24)(H,20,23)/b15-11-. The fraction of sp³-hybridized carbons (Fsp3) is 0.111. The maximum atomic E-state index is 12.3. The van der Waals surface area contributed by atoms with Gasteiger partial charge in [-0.05, 0) is 42.8 Å². The van der Waals surface area contributed by atoms with Crippen LogP contribution in [0.1, 0.15) is 22.8 Å². The van der Waals surface area contributed by atoms with E-state index >= 15 is 0 Å². The quantitative estimate of drug-likeness (QED) is 0.632. The highest BCUT2D eigenvalue weighted by molar-refractivity contribution is 6.06. The number of phenols is 2. The molecular weight excluding hydrogens is 308 g/mol. The summed E-state index contributed by atoms with van der Waals surface area (Å²) in [5, 5.41) is 24.2. The van der Waals surface area contributed by atoms with Gasteiger partial charge >= 0.3 is 0 Å². The minimum absolute atomic E-state index is 0.0378. The Kier molecular flexibility index (Phi) is 5.57. The van der Waals surface area contributed by atoms with Crippen LogP contribution in [0.5, 0.6) is 11.5 Å². The third-order valence-electron chi connectivity index (χ3n) is 3.18. The molecule has 0 saturated carbocycles. The van der Waals surface area contributed by atoms with Gasteiger partial charge in [-0.25, -0.2) is 0 Å². The summed E-state index contributed by atoms with van der Waals surface area (Å²) in [6.07, 6.45) is 1.49. The Hall–Kier alpha value is -3.28. The summed E-state index contributed by atoms with van der Waals surface area (Å²) >= 11 is 0. The first kappa shape index (κ1) is 17.1. The monoisotopic (exact) mass is 326 g/mol. The molecule has 0 aliphatic rings. The number of hydrogen-bond acceptors (Lipinski definition) is 4. The average Bonchev–Trinajstić information content (AvgIpc) is 2.56. The van der Waals surface area contributed by atoms with Crippen LogP contribution in [-0.4, -0.2) is 28.6 Å². The van der Waals surface area contributed by atoms with E-state index < -0.39 is 11.8 Å². The molecule has 0 aliphatic carbocycles. The lowest BCUT2D eigenvalue weighted by molar-refractivity contribution is -0.117. The van der Waals surface area contributed by atoms with Crippen LogP contribution in [0.4, 0.5) is 0 Å². The van der Waals surface area contributed by atoms with Gasteiger partial charge in [0.2, 0.25) is 0 Å². The van der Waals surface area contributed by atoms with Gasteiger partial charge in [0.15, 0.2) is 0 Å². The topological polar surface area (TPSA) is 98.7 Å². The molecule has 24 heavy (non-hydrogen) atoms. The molecular formula is C18H18N2O4. The Bertz CT molecular complexity index is 767. The van der Waals surface area contributed by atoms with Crippen LogP contribution in [-0.2, 0) is 4.79 Å². The third kappa shape index (κ3) is 4.36. The van der Waals surface area contributed by atoms with Crippen LogP contribution in [0.15, 0.2) is 54.2 Å². The summed E-state index contributed by atoms with van der Waals surface area (Å²) in [7, 11) is 0. The van der Waals surface area contributed by atoms with Gasteiger partial charge in [0.05, 0.1) is 5.56 Å². The van der Waals surface area contributed by atoms with Crippen molar-refractivity contribution in [2.24, 2.45) is 0 Å². The predicted octanol–water partition coefficient (Wildman–Crippen LogP) is 2.00. The first-order chi connectivity index (χ1) is 11.5. The predicted molar refractivity (Wildman–Crippen MR) is 90.3 cm³/mol. The number of likely N-dealkylation sites (N-methyl/N-ethyl adjacent to an activating group) is 1. The number of amides is 2. The fourth-order valence-corrected chi connectivity index (χ4v) is 2.01. The number of rotatable bonds is 5. The zero-order chi connectivity index (χ0) is 17.5. The van der Waals surface area contributed by atoms with Gasteiger partial charge in [-0.2, -0.15) is 0 Å². The van der Waals surface area contributed by atoms with Crippen LogP contribution in [0.2, 0.25) is 0 Å². The average molecular weight is 326 g/mol. The summed E-state index contributed by atoms with van der Waals surface area (Å²) in [5.74, 6) is -1.11. The smallest absolute Gasteiger partial charge is 0.267 e. The van der Waals surface area contributed by atoms with E-state index in [0.29, 0.717) is 12.1 Å². The highest BCUT2D eigenvalue weighted by Gasteiger charge is 2.16. The Labute approximate surface area is 139 Å². The molecule has 0 spiro atoms. The lowest BCUT2D eigenvalue weighted by atomic mass is 10.1. The molecule has 0 heterocycles. The van der Waals surface area contributed by atoms with Crippen LogP contribution >= 0.6 is 0 Å². The van der Waals surface area contributed by atoms with Crippen molar-refractivity contribution < 1.29 is 19.8 Å². The molecule has 6 nitrogen and oxygen atoms in total. The van der Waals surface area contributed by atoms with Crippen molar-refractivity contribution in [2.45, 2.75) is 6.92 Å². The zero-order valence-electron chi connectivity index (χ0n) is 13.1. The van der Waals surface area contributed by atoms with Crippen molar-refractivity contribution in [3.8, 4) is 11.5 Å². The Balaban J connectivity index is 2.29. The number of benzene rings is 2. The number of nitrogens with one attached hydrogen (secondary N) is 2. The van der Waals surface area contributed by atoms with Crippen molar-refractivity contribution in [3.05, 3.63) is 65.4 Å². The van der Waals surface area contributed by atoms with Crippen molar-refractivity contribution in [2.75, 3.05) is 6.54 Å². The summed E-state index contributed by atoms with van der Waals surface area (Å²) in [4.78, 5) is 24.5. The van der Waals surface area contributed by atoms with Gasteiger partial charge in [0.25, 0.3) is 11.8 Å². The molecule has 0 fully saturated rings. The Morgan fingerprint density at radius 1 is 1.04 bits per heavy atom. The van der Waals surface area contributed by atoms with E-state index in [9.17, 15) is 19.8 Å². The molecule has 2 rings (SSSR count). The van der Waals surface area contributed by atoms with Gasteiger partial charge in [0.1, 0.15) is 17.2 Å². The highest BCUT2D eigenvalue weighted by atomic mass is 16.3. The fourth-order valence-electron chi connectivity index (χ4n) is 2.01. The lowest BCUT2D eigenvalue weighted by Crippen LogP contribution is -2.34. The number of para-hydroxylation sites is 1. The number of aromatic hydroxyl groups is 2. The molecule has 2 aromatic rings. The second-order valence-electron chi connectivity index (χ2n) is 4.98. The van der Waals surface area contributed by atoms with Crippen molar-refractivity contribution >= 4 is 17.9 Å². The van der Waals surface area contributed by atoms with Crippen LogP contribution in [0.25, 0.3) is 6.08 Å². The number of carbonyl (C=O) groups is 2. The van der Waals surface area contributed by atoms with E-state index in [1.807, 2.05) is 0 Å². The normalized spacial score (nSPS) is 11.0. The highest BCUT2D eigenvalue weighted by Crippen LogP contribution is 2.16. The summed E-state index contributed by atoms with van der Waals surface area (Å²) < 4.78 is 0. The van der Waals surface area contributed by atoms with Crippen LogP contribution < -0.4 is 10.6 Å². The van der Waals surface area contributed by atoms with E-state index in [1.54, 1.807) is 31.2 Å². The SMILES string of the molecule is CCNC(=O)/C(=C/c1ccc(O)cc1)NC(=O)c1ccccc1O.